The van der Waals surface area contributed by atoms with E-state index >= 15 is 0 Å². The molecule has 0 spiro atoms. The van der Waals surface area contributed by atoms with Gasteiger partial charge in [0.15, 0.2) is 0 Å². The Bertz CT molecular complexity index is 107. The second kappa shape index (κ2) is 12.4. The molecule has 0 aromatic rings. The molecule has 0 fully saturated rings. The first-order valence-electron chi connectivity index (χ1n) is 6.66. The summed E-state index contributed by atoms with van der Waals surface area (Å²) in [4.78, 5) is 0. The molecule has 0 saturated carbocycles. The highest BCUT2D eigenvalue weighted by Crippen LogP contribution is 2.10. The maximum Gasteiger partial charge on any atom is 0.0158 e. The van der Waals surface area contributed by atoms with Gasteiger partial charge in [-0.05, 0) is 31.6 Å². The van der Waals surface area contributed by atoms with Crippen LogP contribution in [0.5, 0.6) is 0 Å². The van der Waals surface area contributed by atoms with Gasteiger partial charge in [0, 0.05) is 11.8 Å². The van der Waals surface area contributed by atoms with Crippen LogP contribution in [0, 0.1) is 0 Å². The second-order valence-electron chi connectivity index (χ2n) is 4.22. The molecule has 0 heterocycles. The first kappa shape index (κ1) is 15.3. The smallest absolute Gasteiger partial charge is 0.0158 e. The Hall–Kier alpha value is 0.310. The zero-order valence-electron chi connectivity index (χ0n) is 10.8. The minimum atomic E-state index is 0.757. The Morgan fingerprint density at radius 2 is 1.80 bits per heavy atom. The van der Waals surface area contributed by atoms with Gasteiger partial charge in [0.05, 0.1) is 0 Å². The van der Waals surface area contributed by atoms with E-state index in [2.05, 4.69) is 37.8 Å². The van der Waals surface area contributed by atoms with Crippen molar-refractivity contribution in [2.24, 2.45) is 0 Å². The molecule has 0 aliphatic rings. The van der Waals surface area contributed by atoms with Crippen LogP contribution < -0.4 is 5.32 Å². The summed E-state index contributed by atoms with van der Waals surface area (Å²) >= 11 is 2.11. The number of unbranched alkanes of at least 4 members (excludes halogenated alkanes) is 2. The first-order valence-corrected chi connectivity index (χ1v) is 7.81. The van der Waals surface area contributed by atoms with Crippen molar-refractivity contribution in [1.82, 2.24) is 5.32 Å². The van der Waals surface area contributed by atoms with Gasteiger partial charge in [0.25, 0.3) is 0 Å². The average Bonchev–Trinajstić information content (AvgIpc) is 2.25. The molecule has 0 amide bonds. The maximum atomic E-state index is 3.67. The first-order chi connectivity index (χ1) is 7.35. The highest BCUT2D eigenvalue weighted by Gasteiger charge is 2.06. The molecular formula is C13H29NS. The van der Waals surface area contributed by atoms with E-state index in [1.165, 1.54) is 56.6 Å². The average molecular weight is 231 g/mol. The highest BCUT2D eigenvalue weighted by molar-refractivity contribution is 7.99. The Morgan fingerprint density at radius 3 is 2.40 bits per heavy atom. The van der Waals surface area contributed by atoms with Crippen molar-refractivity contribution in [1.29, 1.82) is 0 Å². The second-order valence-corrected chi connectivity index (χ2v) is 5.37. The molecule has 0 bridgehead atoms. The third kappa shape index (κ3) is 10.6. The lowest BCUT2D eigenvalue weighted by Gasteiger charge is -2.17. The lowest BCUT2D eigenvalue weighted by atomic mass is 10.1. The predicted molar refractivity (Wildman–Crippen MR) is 73.8 cm³/mol. The Labute approximate surface area is 101 Å². The number of rotatable bonds is 11. The van der Waals surface area contributed by atoms with Gasteiger partial charge in [-0.15, -0.1) is 0 Å². The summed E-state index contributed by atoms with van der Waals surface area (Å²) < 4.78 is 0. The molecule has 15 heavy (non-hydrogen) atoms. The van der Waals surface area contributed by atoms with E-state index in [-0.39, 0.29) is 0 Å². The summed E-state index contributed by atoms with van der Waals surface area (Å²) in [5.74, 6) is 2.62. The molecule has 1 nitrogen and oxygen atoms in total. The molecule has 1 N–H and O–H groups in total. The summed E-state index contributed by atoms with van der Waals surface area (Å²) in [7, 11) is 0. The molecule has 0 radical (unpaired) electrons. The van der Waals surface area contributed by atoms with Crippen molar-refractivity contribution in [3.8, 4) is 0 Å². The van der Waals surface area contributed by atoms with E-state index in [4.69, 9.17) is 0 Å². The van der Waals surface area contributed by atoms with Crippen LogP contribution in [0.25, 0.3) is 0 Å². The van der Waals surface area contributed by atoms with Crippen molar-refractivity contribution in [3.05, 3.63) is 0 Å². The Balaban J connectivity index is 3.53. The fraction of sp³-hybridized carbons (Fsp3) is 1.00. The van der Waals surface area contributed by atoms with Crippen molar-refractivity contribution < 1.29 is 0 Å². The van der Waals surface area contributed by atoms with Gasteiger partial charge in [0.2, 0.25) is 0 Å². The summed E-state index contributed by atoms with van der Waals surface area (Å²) in [5, 5.41) is 3.67. The molecule has 0 saturated heterocycles. The highest BCUT2D eigenvalue weighted by atomic mass is 32.2. The van der Waals surface area contributed by atoms with E-state index in [0.717, 1.165) is 6.04 Å². The fourth-order valence-corrected chi connectivity index (χ4v) is 2.63. The van der Waals surface area contributed by atoms with E-state index in [1.807, 2.05) is 0 Å². The van der Waals surface area contributed by atoms with Gasteiger partial charge in [-0.2, -0.15) is 11.8 Å². The molecule has 92 valence electrons. The monoisotopic (exact) mass is 231 g/mol. The number of nitrogens with one attached hydrogen (secondary N) is 1. The van der Waals surface area contributed by atoms with Gasteiger partial charge >= 0.3 is 0 Å². The van der Waals surface area contributed by atoms with Gasteiger partial charge in [-0.1, -0.05) is 40.0 Å². The number of hydrogen-bond donors (Lipinski definition) is 1. The third-order valence-electron chi connectivity index (χ3n) is 2.51. The molecule has 0 aromatic carbocycles. The predicted octanol–water partition coefficient (Wildman–Crippen LogP) is 4.08. The van der Waals surface area contributed by atoms with Crippen LogP contribution >= 0.6 is 11.8 Å². The normalized spacial score (nSPS) is 13.0. The van der Waals surface area contributed by atoms with E-state index in [9.17, 15) is 0 Å². The van der Waals surface area contributed by atoms with Crippen LogP contribution in [0.2, 0.25) is 0 Å². The van der Waals surface area contributed by atoms with Crippen LogP contribution in [-0.4, -0.2) is 24.1 Å². The van der Waals surface area contributed by atoms with Gasteiger partial charge in [-0.25, -0.2) is 0 Å². The van der Waals surface area contributed by atoms with Gasteiger partial charge in [-0.3, -0.25) is 0 Å². The lowest BCUT2D eigenvalue weighted by Crippen LogP contribution is -2.32. The zero-order chi connectivity index (χ0) is 11.4. The van der Waals surface area contributed by atoms with Crippen molar-refractivity contribution in [3.63, 3.8) is 0 Å². The molecule has 0 aliphatic heterocycles. The minimum absolute atomic E-state index is 0.757. The summed E-state index contributed by atoms with van der Waals surface area (Å²) in [6.45, 7) is 7.97. The minimum Gasteiger partial charge on any atom is -0.313 e. The van der Waals surface area contributed by atoms with Crippen LogP contribution in [-0.2, 0) is 0 Å². The Kier molecular flexibility index (Phi) is 12.6. The molecular weight excluding hydrogens is 202 g/mol. The van der Waals surface area contributed by atoms with E-state index in [1.54, 1.807) is 0 Å². The topological polar surface area (TPSA) is 12.0 Å². The maximum absolute atomic E-state index is 3.67. The van der Waals surface area contributed by atoms with Crippen molar-refractivity contribution in [2.45, 2.75) is 65.3 Å². The van der Waals surface area contributed by atoms with Crippen LogP contribution in [0.4, 0.5) is 0 Å². The van der Waals surface area contributed by atoms with Crippen molar-refractivity contribution in [2.75, 3.05) is 18.1 Å². The third-order valence-corrected chi connectivity index (χ3v) is 3.84. The summed E-state index contributed by atoms with van der Waals surface area (Å²) in [6, 6.07) is 0.757. The summed E-state index contributed by atoms with van der Waals surface area (Å²) in [6.07, 6.45) is 8.04. The largest absolute Gasteiger partial charge is 0.313 e. The molecule has 0 aliphatic carbocycles. The quantitative estimate of drug-likeness (QED) is 0.538. The zero-order valence-corrected chi connectivity index (χ0v) is 11.7. The molecule has 2 heteroatoms. The molecule has 0 aromatic heterocycles. The molecule has 1 unspecified atom stereocenters. The number of thioether (sulfide) groups is 1. The number of hydrogen-bond acceptors (Lipinski definition) is 2. The van der Waals surface area contributed by atoms with Crippen molar-refractivity contribution >= 4 is 11.8 Å². The van der Waals surface area contributed by atoms with E-state index < -0.39 is 0 Å². The molecule has 0 rings (SSSR count). The standard InChI is InChI=1S/C13H29NS/c1-4-7-8-9-13(14-10-5-2)12-15-11-6-3/h13-14H,4-12H2,1-3H3. The van der Waals surface area contributed by atoms with Gasteiger partial charge < -0.3 is 5.32 Å². The SMILES string of the molecule is CCCCCC(CSCCC)NCCC. The van der Waals surface area contributed by atoms with Gasteiger partial charge in [0.1, 0.15) is 0 Å². The summed E-state index contributed by atoms with van der Waals surface area (Å²) in [5.41, 5.74) is 0. The molecule has 1 atom stereocenters. The fourth-order valence-electron chi connectivity index (χ4n) is 1.60. The van der Waals surface area contributed by atoms with E-state index in [0.29, 0.717) is 0 Å². The Morgan fingerprint density at radius 1 is 1.00 bits per heavy atom. The van der Waals surface area contributed by atoms with Crippen LogP contribution in [0.3, 0.4) is 0 Å². The lowest BCUT2D eigenvalue weighted by molar-refractivity contribution is 0.493. The van der Waals surface area contributed by atoms with Crippen LogP contribution in [0.15, 0.2) is 0 Å². The van der Waals surface area contributed by atoms with Crippen LogP contribution in [0.1, 0.15) is 59.3 Å².